The Hall–Kier alpha value is -2.94. The Morgan fingerprint density at radius 2 is 1.91 bits per heavy atom. The van der Waals surface area contributed by atoms with E-state index < -0.39 is 30.1 Å². The lowest BCUT2D eigenvalue weighted by Crippen LogP contribution is -2.25. The summed E-state index contributed by atoms with van der Waals surface area (Å²) in [5.74, 6) is -1.31. The molecule has 0 spiro atoms. The first-order chi connectivity index (χ1) is 15.1. The van der Waals surface area contributed by atoms with Gasteiger partial charge in [0.25, 0.3) is 5.56 Å². The van der Waals surface area contributed by atoms with Gasteiger partial charge in [-0.3, -0.25) is 4.79 Å². The van der Waals surface area contributed by atoms with Crippen LogP contribution in [0.15, 0.2) is 35.1 Å². The van der Waals surface area contributed by atoms with Crippen molar-refractivity contribution in [1.29, 1.82) is 0 Å². The minimum Gasteiger partial charge on any atom is -0.481 e. The lowest BCUT2D eigenvalue weighted by Gasteiger charge is -2.14. The van der Waals surface area contributed by atoms with E-state index in [0.29, 0.717) is 17.1 Å². The van der Waals surface area contributed by atoms with Gasteiger partial charge in [0.05, 0.1) is 18.7 Å². The number of carbonyl (C=O) groups excluding carboxylic acids is 1. The number of carbonyl (C=O) groups is 1. The number of aromatic nitrogens is 2. The molecule has 2 heterocycles. The molecule has 1 aromatic carbocycles. The molecule has 0 aliphatic heterocycles. The minimum absolute atomic E-state index is 0.0122. The molecule has 32 heavy (non-hydrogen) atoms. The van der Waals surface area contributed by atoms with Crippen LogP contribution in [0.1, 0.15) is 35.6 Å². The van der Waals surface area contributed by atoms with Crippen LogP contribution in [0.4, 0.5) is 13.2 Å². The number of fused-ring (bicyclic) bond motifs is 1. The first-order valence-electron chi connectivity index (χ1n) is 9.93. The monoisotopic (exact) mass is 470 g/mol. The number of nitrogens with zero attached hydrogens (tertiary/aromatic N) is 2. The quantitative estimate of drug-likeness (QED) is 0.469. The molecule has 10 heteroatoms. The molecular weight excluding hydrogens is 449 g/mol. The molecule has 3 aromatic rings. The van der Waals surface area contributed by atoms with E-state index >= 15 is 0 Å². The Morgan fingerprint density at radius 1 is 1.19 bits per heavy atom. The van der Waals surface area contributed by atoms with Gasteiger partial charge >= 0.3 is 12.1 Å². The summed E-state index contributed by atoms with van der Waals surface area (Å²) in [5, 5.41) is 0.382. The van der Waals surface area contributed by atoms with Crippen molar-refractivity contribution >= 4 is 28.5 Å². The van der Waals surface area contributed by atoms with E-state index in [0.717, 1.165) is 5.56 Å². The van der Waals surface area contributed by atoms with Gasteiger partial charge in [0.1, 0.15) is 5.39 Å². The smallest absolute Gasteiger partial charge is 0.422 e. The second-order valence-corrected chi connectivity index (χ2v) is 7.57. The predicted molar refractivity (Wildman–Crippen MR) is 115 cm³/mol. The fraction of sp³-hybridized carbons (Fsp3) is 0.364. The largest absolute Gasteiger partial charge is 0.481 e. The second-order valence-electron chi connectivity index (χ2n) is 7.13. The summed E-state index contributed by atoms with van der Waals surface area (Å²) in [6, 6.07) is 8.60. The SMILES string of the molecule is CCOC(=O)c1c(OCC(F)(F)F)c2c(=O)n(Cc3cccc(Cl)c3)c(CC)cc2n1C. The number of ether oxygens (including phenoxy) is 2. The summed E-state index contributed by atoms with van der Waals surface area (Å²) in [6.07, 6.45) is -4.18. The molecule has 0 aliphatic carbocycles. The van der Waals surface area contributed by atoms with Gasteiger partial charge in [-0.25, -0.2) is 4.79 Å². The van der Waals surface area contributed by atoms with Crippen molar-refractivity contribution in [2.24, 2.45) is 7.05 Å². The molecule has 0 unspecified atom stereocenters. The van der Waals surface area contributed by atoms with Crippen LogP contribution in [0.5, 0.6) is 5.75 Å². The molecule has 0 aliphatic rings. The van der Waals surface area contributed by atoms with Crippen LogP contribution >= 0.6 is 11.6 Å². The van der Waals surface area contributed by atoms with Crippen molar-refractivity contribution in [2.75, 3.05) is 13.2 Å². The molecule has 0 atom stereocenters. The van der Waals surface area contributed by atoms with Crippen LogP contribution in [0.25, 0.3) is 10.9 Å². The highest BCUT2D eigenvalue weighted by Crippen LogP contribution is 2.33. The van der Waals surface area contributed by atoms with Crippen LogP contribution in [-0.2, 0) is 24.8 Å². The summed E-state index contributed by atoms with van der Waals surface area (Å²) >= 11 is 6.05. The number of hydrogen-bond acceptors (Lipinski definition) is 4. The molecule has 2 aromatic heterocycles. The van der Waals surface area contributed by atoms with E-state index in [9.17, 15) is 22.8 Å². The average Bonchev–Trinajstić information content (AvgIpc) is 3.00. The number of aryl methyl sites for hydroxylation is 2. The second kappa shape index (κ2) is 9.28. The van der Waals surface area contributed by atoms with E-state index in [4.69, 9.17) is 21.1 Å². The van der Waals surface area contributed by atoms with Crippen molar-refractivity contribution in [2.45, 2.75) is 33.0 Å². The molecule has 0 bridgehead atoms. The molecule has 0 N–H and O–H groups in total. The number of pyridine rings is 1. The van der Waals surface area contributed by atoms with Crippen LogP contribution in [0.2, 0.25) is 5.02 Å². The van der Waals surface area contributed by atoms with Crippen LogP contribution < -0.4 is 10.3 Å². The van der Waals surface area contributed by atoms with E-state index in [1.165, 1.54) is 16.2 Å². The van der Waals surface area contributed by atoms with Crippen LogP contribution in [-0.4, -0.2) is 34.5 Å². The fourth-order valence-corrected chi connectivity index (χ4v) is 3.77. The van der Waals surface area contributed by atoms with E-state index in [-0.39, 0.29) is 29.7 Å². The summed E-state index contributed by atoms with van der Waals surface area (Å²) < 4.78 is 51.5. The Balaban J connectivity index is 2.28. The molecule has 6 nitrogen and oxygen atoms in total. The molecule has 0 radical (unpaired) electrons. The first kappa shape index (κ1) is 23.7. The zero-order chi connectivity index (χ0) is 23.6. The number of alkyl halides is 3. The third-order valence-electron chi connectivity index (χ3n) is 4.94. The highest BCUT2D eigenvalue weighted by molar-refractivity contribution is 6.30. The molecule has 0 saturated carbocycles. The molecule has 3 rings (SSSR count). The van der Waals surface area contributed by atoms with Gasteiger partial charge in [-0.15, -0.1) is 0 Å². The van der Waals surface area contributed by atoms with E-state index in [2.05, 4.69) is 0 Å². The van der Waals surface area contributed by atoms with Gasteiger partial charge < -0.3 is 18.6 Å². The molecular formula is C22H22ClF3N2O4. The summed E-state index contributed by atoms with van der Waals surface area (Å²) in [6.45, 7) is 1.94. The Labute approximate surface area is 187 Å². The first-order valence-corrected chi connectivity index (χ1v) is 10.3. The standard InChI is InChI=1S/C22H22ClF3N2O4/c1-4-15-10-16-17(20(29)28(15)11-13-7-6-8-14(23)9-13)19(32-12-22(24,25)26)18(27(16)3)21(30)31-5-2/h6-10H,4-5,11-12H2,1-3H3. The van der Waals surface area contributed by atoms with Gasteiger partial charge in [0.2, 0.25) is 0 Å². The number of halogens is 4. The van der Waals surface area contributed by atoms with Gasteiger partial charge in [0, 0.05) is 17.8 Å². The summed E-state index contributed by atoms with van der Waals surface area (Å²) in [7, 11) is 1.48. The molecule has 0 fully saturated rings. The predicted octanol–water partition coefficient (Wildman–Crippen LogP) is 4.72. The number of benzene rings is 1. The lowest BCUT2D eigenvalue weighted by atomic mass is 10.1. The molecule has 172 valence electrons. The van der Waals surface area contributed by atoms with Gasteiger partial charge in [-0.1, -0.05) is 30.7 Å². The minimum atomic E-state index is -4.66. The zero-order valence-electron chi connectivity index (χ0n) is 17.8. The van der Waals surface area contributed by atoms with Crippen molar-refractivity contribution in [3.8, 4) is 5.75 Å². The number of hydrogen-bond donors (Lipinski definition) is 0. The fourth-order valence-electron chi connectivity index (χ4n) is 3.56. The van der Waals surface area contributed by atoms with Gasteiger partial charge in [0.15, 0.2) is 18.1 Å². The normalized spacial score (nSPS) is 11.7. The van der Waals surface area contributed by atoms with E-state index in [1.807, 2.05) is 6.92 Å². The van der Waals surface area contributed by atoms with Crippen LogP contribution in [0, 0.1) is 0 Å². The van der Waals surface area contributed by atoms with Crippen molar-refractivity contribution in [1.82, 2.24) is 9.13 Å². The Bertz CT molecular complexity index is 1210. The highest BCUT2D eigenvalue weighted by atomic mass is 35.5. The van der Waals surface area contributed by atoms with Crippen molar-refractivity contribution in [3.05, 3.63) is 62.7 Å². The third kappa shape index (κ3) is 4.77. The number of esters is 1. The molecule has 0 amide bonds. The van der Waals surface area contributed by atoms with Crippen molar-refractivity contribution in [3.63, 3.8) is 0 Å². The van der Waals surface area contributed by atoms with Gasteiger partial charge in [-0.05, 0) is 37.1 Å². The highest BCUT2D eigenvalue weighted by Gasteiger charge is 2.33. The maximum atomic E-state index is 13.5. The Kier molecular flexibility index (Phi) is 6.88. The topological polar surface area (TPSA) is 62.5 Å². The zero-order valence-corrected chi connectivity index (χ0v) is 18.5. The van der Waals surface area contributed by atoms with Crippen LogP contribution in [0.3, 0.4) is 0 Å². The summed E-state index contributed by atoms with van der Waals surface area (Å²) in [4.78, 5) is 26.0. The molecule has 0 saturated heterocycles. The lowest BCUT2D eigenvalue weighted by molar-refractivity contribution is -0.153. The number of rotatable bonds is 7. The Morgan fingerprint density at radius 3 is 2.50 bits per heavy atom. The maximum absolute atomic E-state index is 13.5. The van der Waals surface area contributed by atoms with Crippen molar-refractivity contribution < 1.29 is 27.4 Å². The third-order valence-corrected chi connectivity index (χ3v) is 5.18. The van der Waals surface area contributed by atoms with Gasteiger partial charge in [-0.2, -0.15) is 13.2 Å². The maximum Gasteiger partial charge on any atom is 0.422 e. The summed E-state index contributed by atoms with van der Waals surface area (Å²) in [5.41, 5.74) is 0.858. The average molecular weight is 471 g/mol. The van der Waals surface area contributed by atoms with E-state index in [1.54, 1.807) is 37.3 Å².